The Morgan fingerprint density at radius 1 is 1.35 bits per heavy atom. The first-order chi connectivity index (χ1) is 9.05. The van der Waals surface area contributed by atoms with Crippen LogP contribution in [0.3, 0.4) is 0 Å². The van der Waals surface area contributed by atoms with Crippen LogP contribution in [0, 0.1) is 10.1 Å². The van der Waals surface area contributed by atoms with Crippen LogP contribution >= 0.6 is 0 Å². The van der Waals surface area contributed by atoms with Crippen LogP contribution in [0.1, 0.15) is 0 Å². The van der Waals surface area contributed by atoms with E-state index in [1.807, 2.05) is 0 Å². The van der Waals surface area contributed by atoms with E-state index in [0.717, 1.165) is 12.1 Å². The number of nitrogens with one attached hydrogen (secondary N) is 1. The maximum Gasteiger partial charge on any atom is 0.415 e. The molecule has 0 fully saturated rings. The molecule has 1 atom stereocenters. The van der Waals surface area contributed by atoms with Crippen molar-refractivity contribution in [3.63, 3.8) is 0 Å². The molecule has 0 heterocycles. The lowest BCUT2D eigenvalue weighted by atomic mass is 10.3. The molecule has 0 saturated heterocycles. The van der Waals surface area contributed by atoms with E-state index in [1.54, 1.807) is 0 Å². The summed E-state index contributed by atoms with van der Waals surface area (Å²) in [5, 5.41) is 19.3. The zero-order valence-corrected chi connectivity index (χ0v) is 10.5. The Morgan fingerprint density at radius 3 is 2.40 bits per heavy atom. The molecule has 0 spiro atoms. The summed E-state index contributed by atoms with van der Waals surface area (Å²) in [6, 6.07) is 4.17. The molecule has 7 nitrogen and oxygen atoms in total. The second-order valence-electron chi connectivity index (χ2n) is 3.63. The molecule has 11 heteroatoms. The number of rotatable bonds is 5. The highest BCUT2D eigenvalue weighted by Crippen LogP contribution is 2.23. The molecule has 0 unspecified atom stereocenters. The second-order valence-corrected chi connectivity index (χ2v) is 5.37. The Bertz CT molecular complexity index is 602. The molecule has 1 aromatic rings. The maximum absolute atomic E-state index is 12.0. The van der Waals surface area contributed by atoms with Gasteiger partial charge in [-0.2, -0.15) is 13.2 Å². The molecule has 0 radical (unpaired) electrons. The number of benzene rings is 1. The molecule has 112 valence electrons. The molecule has 0 bridgehead atoms. The summed E-state index contributed by atoms with van der Waals surface area (Å²) in [6.07, 6.45) is -7.90. The van der Waals surface area contributed by atoms with Crippen LogP contribution in [0.25, 0.3) is 0 Å². The molecule has 1 aromatic carbocycles. The largest absolute Gasteiger partial charge is 0.415 e. The summed E-state index contributed by atoms with van der Waals surface area (Å²) in [6.45, 7) is -1.34. The van der Waals surface area contributed by atoms with Gasteiger partial charge in [-0.15, -0.1) is 0 Å². The van der Waals surface area contributed by atoms with Gasteiger partial charge in [-0.1, -0.05) is 12.1 Å². The predicted molar refractivity (Wildman–Crippen MR) is 60.3 cm³/mol. The van der Waals surface area contributed by atoms with Crippen molar-refractivity contribution in [3.05, 3.63) is 34.4 Å². The van der Waals surface area contributed by atoms with Crippen molar-refractivity contribution in [2.75, 3.05) is 6.54 Å². The quantitative estimate of drug-likeness (QED) is 0.617. The van der Waals surface area contributed by atoms with Crippen LogP contribution in [-0.4, -0.2) is 37.3 Å². The zero-order chi connectivity index (χ0) is 15.6. The zero-order valence-electron chi connectivity index (χ0n) is 9.66. The number of nitro groups is 1. The minimum Gasteiger partial charge on any atom is -0.382 e. The van der Waals surface area contributed by atoms with Crippen LogP contribution in [0.2, 0.25) is 0 Å². The van der Waals surface area contributed by atoms with Gasteiger partial charge in [0.15, 0.2) is 11.0 Å². The Balaban J connectivity index is 2.99. The average molecular weight is 314 g/mol. The van der Waals surface area contributed by atoms with Crippen molar-refractivity contribution in [2.24, 2.45) is 0 Å². The highest BCUT2D eigenvalue weighted by Gasteiger charge is 2.39. The van der Waals surface area contributed by atoms with Crippen molar-refractivity contribution < 1.29 is 31.6 Å². The van der Waals surface area contributed by atoms with Gasteiger partial charge >= 0.3 is 6.18 Å². The van der Waals surface area contributed by atoms with E-state index in [2.05, 4.69) is 0 Å². The highest BCUT2D eigenvalue weighted by molar-refractivity contribution is 7.89. The molecule has 1 rings (SSSR count). The first-order valence-corrected chi connectivity index (χ1v) is 6.52. The Labute approximate surface area is 111 Å². The number of para-hydroxylation sites is 1. The number of hydrogen-bond donors (Lipinski definition) is 2. The molecule has 20 heavy (non-hydrogen) atoms. The Morgan fingerprint density at radius 2 is 1.90 bits per heavy atom. The molecular formula is C9H9F3N2O5S. The van der Waals surface area contributed by atoms with Gasteiger partial charge in [0.05, 0.1) is 4.92 Å². The van der Waals surface area contributed by atoms with Gasteiger partial charge in [-0.3, -0.25) is 10.1 Å². The molecule has 0 aromatic heterocycles. The third-order valence-corrected chi connectivity index (χ3v) is 3.67. The number of hydrogen-bond acceptors (Lipinski definition) is 5. The van der Waals surface area contributed by atoms with Crippen LogP contribution in [0.15, 0.2) is 29.2 Å². The van der Waals surface area contributed by atoms with Gasteiger partial charge in [0.25, 0.3) is 5.69 Å². The Hall–Kier alpha value is -1.72. The molecule has 0 amide bonds. The smallest absolute Gasteiger partial charge is 0.382 e. The van der Waals surface area contributed by atoms with Crippen molar-refractivity contribution in [3.8, 4) is 0 Å². The van der Waals surface area contributed by atoms with Gasteiger partial charge in [-0.05, 0) is 6.07 Å². The van der Waals surface area contributed by atoms with E-state index < -0.39 is 44.4 Å². The summed E-state index contributed by atoms with van der Waals surface area (Å²) in [5.74, 6) is 0. The summed E-state index contributed by atoms with van der Waals surface area (Å²) < 4.78 is 61.0. The van der Waals surface area contributed by atoms with E-state index in [0.29, 0.717) is 0 Å². The number of sulfonamides is 1. The minimum atomic E-state index is -4.99. The van der Waals surface area contributed by atoms with Gasteiger partial charge in [0, 0.05) is 12.6 Å². The van der Waals surface area contributed by atoms with Crippen LogP contribution in [-0.2, 0) is 10.0 Å². The molecule has 0 aliphatic carbocycles. The lowest BCUT2D eigenvalue weighted by molar-refractivity contribution is -0.387. The molecule has 2 N–H and O–H groups in total. The number of aliphatic hydroxyl groups excluding tert-OH is 1. The van der Waals surface area contributed by atoms with Crippen molar-refractivity contribution >= 4 is 15.7 Å². The topological polar surface area (TPSA) is 110 Å². The summed E-state index contributed by atoms with van der Waals surface area (Å²) >= 11 is 0. The van der Waals surface area contributed by atoms with Crippen molar-refractivity contribution in [2.45, 2.75) is 17.2 Å². The first-order valence-electron chi connectivity index (χ1n) is 5.03. The third kappa shape index (κ3) is 3.88. The van der Waals surface area contributed by atoms with Crippen molar-refractivity contribution in [1.82, 2.24) is 4.72 Å². The van der Waals surface area contributed by atoms with Crippen LogP contribution in [0.5, 0.6) is 0 Å². The standard InChI is InChI=1S/C9H9F3N2O5S/c10-9(11,12)8(15)5-13-20(18,19)7-4-2-1-3-6(7)14(16)17/h1-4,8,13,15H,5H2/t8-/m1/s1. The monoisotopic (exact) mass is 314 g/mol. The highest BCUT2D eigenvalue weighted by atomic mass is 32.2. The number of halogens is 3. The fourth-order valence-electron chi connectivity index (χ4n) is 1.22. The van der Waals surface area contributed by atoms with Crippen LogP contribution in [0.4, 0.5) is 18.9 Å². The number of aliphatic hydroxyl groups is 1. The first kappa shape index (κ1) is 16.3. The fourth-order valence-corrected chi connectivity index (χ4v) is 2.43. The molecule has 0 saturated carbocycles. The second kappa shape index (κ2) is 5.73. The number of nitrogens with zero attached hydrogens (tertiary/aromatic N) is 1. The van der Waals surface area contributed by atoms with Gasteiger partial charge in [0.2, 0.25) is 10.0 Å². The van der Waals surface area contributed by atoms with E-state index >= 15 is 0 Å². The molecule has 0 aliphatic rings. The predicted octanol–water partition coefficient (Wildman–Crippen LogP) is 0.796. The molecular weight excluding hydrogens is 305 g/mol. The van der Waals surface area contributed by atoms with Crippen molar-refractivity contribution in [1.29, 1.82) is 0 Å². The van der Waals surface area contributed by atoms with E-state index in [1.165, 1.54) is 16.9 Å². The average Bonchev–Trinajstić information content (AvgIpc) is 2.34. The lowest BCUT2D eigenvalue weighted by Crippen LogP contribution is -2.40. The van der Waals surface area contributed by atoms with E-state index in [-0.39, 0.29) is 0 Å². The van der Waals surface area contributed by atoms with Gasteiger partial charge < -0.3 is 5.11 Å². The van der Waals surface area contributed by atoms with Gasteiger partial charge in [-0.25, -0.2) is 13.1 Å². The summed E-state index contributed by atoms with van der Waals surface area (Å²) in [5.41, 5.74) is -0.776. The minimum absolute atomic E-state index is 0.776. The Kier molecular flexibility index (Phi) is 4.68. The summed E-state index contributed by atoms with van der Waals surface area (Å²) in [7, 11) is -4.54. The normalized spacial score (nSPS) is 14.0. The fraction of sp³-hybridized carbons (Fsp3) is 0.333. The third-order valence-electron chi connectivity index (χ3n) is 2.20. The van der Waals surface area contributed by atoms with E-state index in [4.69, 9.17) is 5.11 Å². The SMILES string of the molecule is O=[N+]([O-])c1ccccc1S(=O)(=O)NC[C@@H](O)C(F)(F)F. The number of nitro benzene ring substituents is 1. The van der Waals surface area contributed by atoms with Crippen LogP contribution < -0.4 is 4.72 Å². The maximum atomic E-state index is 12.0. The lowest BCUT2D eigenvalue weighted by Gasteiger charge is -2.15. The summed E-state index contributed by atoms with van der Waals surface area (Å²) in [4.78, 5) is 8.89. The van der Waals surface area contributed by atoms with Gasteiger partial charge in [0.1, 0.15) is 0 Å². The number of alkyl halides is 3. The van der Waals surface area contributed by atoms with E-state index in [9.17, 15) is 31.7 Å². The molecule has 0 aliphatic heterocycles.